The number of fused-ring (bicyclic) bond motifs is 3. The van der Waals surface area contributed by atoms with Gasteiger partial charge in [0.2, 0.25) is 5.43 Å². The maximum absolute atomic E-state index is 14.6. The Balaban J connectivity index is 1.99. The number of thioether (sulfide) groups is 1. The molecule has 25 heavy (non-hydrogen) atoms. The topological polar surface area (TPSA) is 88.6 Å². The second-order valence-electron chi connectivity index (χ2n) is 6.23. The Kier molecular flexibility index (Phi) is 3.73. The first kappa shape index (κ1) is 16.3. The van der Waals surface area contributed by atoms with Crippen LogP contribution < -0.4 is 16.1 Å². The lowest BCUT2D eigenvalue weighted by atomic mass is 10.1. The molecule has 1 saturated heterocycles. The number of aromatic carboxylic acids is 1. The lowest BCUT2D eigenvalue weighted by Crippen LogP contribution is -2.31. The molecule has 4 rings (SSSR count). The smallest absolute Gasteiger partial charge is 0.342 e. The molecule has 6 nitrogen and oxygen atoms in total. The summed E-state index contributed by atoms with van der Waals surface area (Å²) in [5.41, 5.74) is 5.34. The molecule has 0 unspecified atom stereocenters. The van der Waals surface area contributed by atoms with Gasteiger partial charge in [0.15, 0.2) is 0 Å². The van der Waals surface area contributed by atoms with Crippen LogP contribution in [0, 0.1) is 5.82 Å². The lowest BCUT2D eigenvalue weighted by molar-refractivity contribution is 0.0689. The number of alkyl halides is 1. The van der Waals surface area contributed by atoms with Crippen molar-refractivity contribution in [3.63, 3.8) is 0 Å². The van der Waals surface area contributed by atoms with Crippen molar-refractivity contribution in [1.82, 2.24) is 4.57 Å². The lowest BCUT2D eigenvalue weighted by Gasteiger charge is -2.33. The maximum atomic E-state index is 14.6. The fourth-order valence-corrected chi connectivity index (χ4v) is 4.59. The molecule has 0 spiro atoms. The van der Waals surface area contributed by atoms with Crippen molar-refractivity contribution in [2.45, 2.75) is 22.9 Å². The summed E-state index contributed by atoms with van der Waals surface area (Å²) in [5.74, 6) is -2.00. The minimum atomic E-state index is -1.39. The highest BCUT2D eigenvalue weighted by molar-refractivity contribution is 8.00. The monoisotopic (exact) mass is 367 g/mol. The number of rotatable bonds is 3. The summed E-state index contributed by atoms with van der Waals surface area (Å²) >= 11 is 1.01. The van der Waals surface area contributed by atoms with Crippen LogP contribution in [0.25, 0.3) is 10.9 Å². The number of pyridine rings is 1. The molecule has 0 saturated carbocycles. The molecular formula is C16H15F2N3O3S. The van der Waals surface area contributed by atoms with E-state index in [1.165, 1.54) is 10.6 Å². The number of nitrogens with zero attached hydrogens (tertiary/aromatic N) is 2. The van der Waals surface area contributed by atoms with Crippen LogP contribution in [0.2, 0.25) is 0 Å². The van der Waals surface area contributed by atoms with Gasteiger partial charge in [0.05, 0.1) is 16.2 Å². The van der Waals surface area contributed by atoms with Crippen molar-refractivity contribution in [3.8, 4) is 0 Å². The minimum absolute atomic E-state index is 0.0513. The van der Waals surface area contributed by atoms with E-state index in [1.54, 1.807) is 4.90 Å². The largest absolute Gasteiger partial charge is 0.477 e. The Hall–Kier alpha value is -2.13. The van der Waals surface area contributed by atoms with Crippen LogP contribution in [0.15, 0.2) is 22.0 Å². The fourth-order valence-electron chi connectivity index (χ4n) is 3.47. The van der Waals surface area contributed by atoms with Gasteiger partial charge in [-0.25, -0.2) is 13.6 Å². The summed E-state index contributed by atoms with van der Waals surface area (Å²) in [6.45, 7) is 0.374. The van der Waals surface area contributed by atoms with Crippen LogP contribution in [0.5, 0.6) is 0 Å². The molecule has 2 aliphatic rings. The first-order chi connectivity index (χ1) is 11.9. The van der Waals surface area contributed by atoms with Crippen molar-refractivity contribution < 1.29 is 18.7 Å². The minimum Gasteiger partial charge on any atom is -0.477 e. The van der Waals surface area contributed by atoms with Gasteiger partial charge in [-0.3, -0.25) is 4.79 Å². The highest BCUT2D eigenvalue weighted by Crippen LogP contribution is 2.47. The summed E-state index contributed by atoms with van der Waals surface area (Å²) < 4.78 is 29.3. The van der Waals surface area contributed by atoms with E-state index in [1.807, 2.05) is 0 Å². The van der Waals surface area contributed by atoms with Gasteiger partial charge in [0.25, 0.3) is 0 Å². The van der Waals surface area contributed by atoms with Gasteiger partial charge >= 0.3 is 5.97 Å². The average Bonchev–Trinajstić information content (AvgIpc) is 2.96. The molecule has 3 N–H and O–H groups in total. The standard InChI is InChI=1S/C16H15F2N3O3S/c17-5-12-21-10-4-11(20-2-1-7(19)6-20)9(18)3-8(10)14(22)13(16(23)24)15(21)25-12/h3-4,7,12H,1-2,5-6,19H2,(H,23,24)/t7-,12-/m1/s1. The molecule has 2 aromatic rings. The summed E-state index contributed by atoms with van der Waals surface area (Å²) in [5, 5.41) is 8.86. The number of hydrogen-bond acceptors (Lipinski definition) is 5. The quantitative estimate of drug-likeness (QED) is 0.862. The van der Waals surface area contributed by atoms with E-state index >= 15 is 0 Å². The summed E-state index contributed by atoms with van der Waals surface area (Å²) in [6, 6.07) is 2.50. The van der Waals surface area contributed by atoms with Gasteiger partial charge in [0, 0.05) is 24.5 Å². The average molecular weight is 367 g/mol. The summed E-state index contributed by atoms with van der Waals surface area (Å²) in [6.07, 6.45) is 0.733. The van der Waals surface area contributed by atoms with Crippen molar-refractivity contribution >= 4 is 34.3 Å². The number of aromatic nitrogens is 1. The molecule has 0 amide bonds. The fraction of sp³-hybridized carbons (Fsp3) is 0.375. The third kappa shape index (κ3) is 2.33. The zero-order chi connectivity index (χ0) is 17.9. The van der Waals surface area contributed by atoms with Crippen molar-refractivity contribution in [2.24, 2.45) is 5.73 Å². The van der Waals surface area contributed by atoms with Crippen LogP contribution in [-0.4, -0.2) is 41.4 Å². The number of anilines is 1. The number of carboxylic acid groups (broad SMARTS) is 1. The highest BCUT2D eigenvalue weighted by atomic mass is 32.2. The molecule has 1 fully saturated rings. The van der Waals surface area contributed by atoms with E-state index in [-0.39, 0.29) is 16.5 Å². The van der Waals surface area contributed by atoms with E-state index in [4.69, 9.17) is 5.73 Å². The zero-order valence-corrected chi connectivity index (χ0v) is 13.9. The first-order valence-electron chi connectivity index (χ1n) is 7.80. The normalized spacial score (nSPS) is 22.1. The third-order valence-corrected chi connectivity index (χ3v) is 5.91. The Morgan fingerprint density at radius 1 is 1.44 bits per heavy atom. The maximum Gasteiger partial charge on any atom is 0.342 e. The van der Waals surface area contributed by atoms with Crippen molar-refractivity contribution in [2.75, 3.05) is 24.7 Å². The molecule has 1 aromatic heterocycles. The van der Waals surface area contributed by atoms with E-state index < -0.39 is 34.8 Å². The van der Waals surface area contributed by atoms with Gasteiger partial charge in [-0.05, 0) is 18.6 Å². The molecule has 132 valence electrons. The van der Waals surface area contributed by atoms with Gasteiger partial charge in [0.1, 0.15) is 23.4 Å². The van der Waals surface area contributed by atoms with Crippen molar-refractivity contribution in [3.05, 3.63) is 33.7 Å². The summed E-state index contributed by atoms with van der Waals surface area (Å²) in [4.78, 5) is 25.7. The number of nitrogens with two attached hydrogens (primary N) is 1. The van der Waals surface area contributed by atoms with Crippen LogP contribution in [0.1, 0.15) is 22.2 Å². The van der Waals surface area contributed by atoms with Crippen LogP contribution in [0.4, 0.5) is 14.5 Å². The van der Waals surface area contributed by atoms with Gasteiger partial charge in [-0.1, -0.05) is 11.8 Å². The molecular weight excluding hydrogens is 352 g/mol. The molecule has 0 aliphatic carbocycles. The van der Waals surface area contributed by atoms with Gasteiger partial charge in [-0.2, -0.15) is 0 Å². The predicted molar refractivity (Wildman–Crippen MR) is 90.8 cm³/mol. The Bertz CT molecular complexity index is 962. The number of hydrogen-bond donors (Lipinski definition) is 2. The molecule has 2 atom stereocenters. The van der Waals surface area contributed by atoms with Gasteiger partial charge < -0.3 is 20.3 Å². The Labute approximate surface area is 145 Å². The molecule has 3 heterocycles. The van der Waals surface area contributed by atoms with Crippen LogP contribution >= 0.6 is 11.8 Å². The number of carboxylic acids is 1. The van der Waals surface area contributed by atoms with Crippen LogP contribution in [0.3, 0.4) is 0 Å². The molecule has 0 radical (unpaired) electrons. The molecule has 9 heteroatoms. The zero-order valence-electron chi connectivity index (χ0n) is 13.0. The SMILES string of the molecule is N[C@@H]1CCN(c2cc3c(cc2F)c(=O)c(C(=O)O)c2n3[C@@H](CF)S2)C1. The van der Waals surface area contributed by atoms with Gasteiger partial charge in [-0.15, -0.1) is 0 Å². The van der Waals surface area contributed by atoms with E-state index in [0.29, 0.717) is 24.3 Å². The molecule has 2 aliphatic heterocycles. The van der Waals surface area contributed by atoms with Crippen molar-refractivity contribution in [1.29, 1.82) is 0 Å². The van der Waals surface area contributed by atoms with E-state index in [9.17, 15) is 23.5 Å². The Morgan fingerprint density at radius 2 is 2.20 bits per heavy atom. The number of benzene rings is 1. The highest BCUT2D eigenvalue weighted by Gasteiger charge is 2.36. The van der Waals surface area contributed by atoms with E-state index in [2.05, 4.69) is 0 Å². The molecule has 0 bridgehead atoms. The third-order valence-electron chi connectivity index (χ3n) is 4.68. The predicted octanol–water partition coefficient (Wildman–Crippen LogP) is 1.95. The number of halogens is 2. The Morgan fingerprint density at radius 3 is 2.80 bits per heavy atom. The second kappa shape index (κ2) is 5.70. The van der Waals surface area contributed by atoms with E-state index in [0.717, 1.165) is 24.2 Å². The summed E-state index contributed by atoms with van der Waals surface area (Å²) in [7, 11) is 0. The molecule has 1 aromatic carbocycles. The first-order valence-corrected chi connectivity index (χ1v) is 8.68. The van der Waals surface area contributed by atoms with Crippen LogP contribution in [-0.2, 0) is 0 Å². The number of carbonyl (C=O) groups is 1. The second-order valence-corrected chi connectivity index (χ2v) is 7.39.